The molecule has 3 nitrogen and oxygen atoms in total. The molecule has 0 amide bonds. The smallest absolute Gasteiger partial charge is 0.288 e. The third-order valence-corrected chi connectivity index (χ3v) is 3.72. The van der Waals surface area contributed by atoms with E-state index in [4.69, 9.17) is 23.8 Å². The van der Waals surface area contributed by atoms with Gasteiger partial charge in [0.25, 0.3) is 5.76 Å². The minimum atomic E-state index is -2.43. The first-order valence-corrected chi connectivity index (χ1v) is 8.10. The molecule has 0 aliphatic carbocycles. The Hall–Kier alpha value is -1.70. The largest absolute Gasteiger partial charge is 0.331 e. The molecule has 23 heavy (non-hydrogen) atoms. The lowest BCUT2D eigenvalue weighted by Crippen LogP contribution is -2.23. The molecule has 0 spiro atoms. The summed E-state index contributed by atoms with van der Waals surface area (Å²) in [6.45, 7) is 0. The molecule has 120 valence electrons. The average molecular weight is 372 g/mol. The molecular formula is C15H12ClF2N3S2. The maximum Gasteiger partial charge on any atom is 0.288 e. The van der Waals surface area contributed by atoms with Crippen LogP contribution in [0, 0.1) is 0 Å². The van der Waals surface area contributed by atoms with Crippen LogP contribution < -0.4 is 10.7 Å². The van der Waals surface area contributed by atoms with Gasteiger partial charge in [-0.25, -0.2) is 0 Å². The second-order valence-electron chi connectivity index (χ2n) is 4.28. The Kier molecular flexibility index (Phi) is 6.76. The van der Waals surface area contributed by atoms with E-state index in [-0.39, 0.29) is 5.11 Å². The van der Waals surface area contributed by atoms with Gasteiger partial charge in [0.15, 0.2) is 5.11 Å². The summed E-state index contributed by atoms with van der Waals surface area (Å²) in [5, 5.41) is 7.81. The van der Waals surface area contributed by atoms with Gasteiger partial charge >= 0.3 is 0 Å². The van der Waals surface area contributed by atoms with Gasteiger partial charge in [0.05, 0.1) is 6.21 Å². The molecule has 2 N–H and O–H groups in total. The number of anilines is 1. The van der Waals surface area contributed by atoms with E-state index in [1.807, 2.05) is 12.1 Å². The van der Waals surface area contributed by atoms with Gasteiger partial charge in [0.1, 0.15) is 0 Å². The van der Waals surface area contributed by atoms with Gasteiger partial charge < -0.3 is 5.32 Å². The summed E-state index contributed by atoms with van der Waals surface area (Å²) in [6.07, 6.45) is 1.59. The normalized spacial score (nSPS) is 11.0. The van der Waals surface area contributed by atoms with Crippen molar-refractivity contribution in [2.75, 3.05) is 5.32 Å². The second kappa shape index (κ2) is 8.81. The zero-order valence-corrected chi connectivity index (χ0v) is 14.1. The molecule has 0 radical (unpaired) electrons. The highest BCUT2D eigenvalue weighted by Crippen LogP contribution is 2.26. The number of rotatable bonds is 5. The number of alkyl halides is 2. The van der Waals surface area contributed by atoms with Crippen LogP contribution in [0.15, 0.2) is 58.5 Å². The molecule has 0 unspecified atom stereocenters. The molecule has 2 aromatic rings. The summed E-state index contributed by atoms with van der Waals surface area (Å²) >= 11 is 11.5. The molecule has 0 aromatic heterocycles. The Morgan fingerprint density at radius 3 is 2.61 bits per heavy atom. The van der Waals surface area contributed by atoms with Crippen LogP contribution in [-0.4, -0.2) is 17.1 Å². The van der Waals surface area contributed by atoms with Crippen molar-refractivity contribution in [3.63, 3.8) is 0 Å². The predicted molar refractivity (Wildman–Crippen MR) is 96.7 cm³/mol. The highest BCUT2D eigenvalue weighted by Gasteiger charge is 2.05. The van der Waals surface area contributed by atoms with E-state index in [0.717, 1.165) is 5.56 Å². The van der Waals surface area contributed by atoms with Gasteiger partial charge in [-0.2, -0.15) is 13.9 Å². The fourth-order valence-electron chi connectivity index (χ4n) is 1.63. The first-order chi connectivity index (χ1) is 11.0. The number of nitrogens with zero attached hydrogens (tertiary/aromatic N) is 1. The van der Waals surface area contributed by atoms with Crippen molar-refractivity contribution in [1.29, 1.82) is 0 Å². The number of nitrogens with one attached hydrogen (secondary N) is 2. The summed E-state index contributed by atoms with van der Waals surface area (Å²) in [5.74, 6) is -2.43. The van der Waals surface area contributed by atoms with Crippen molar-refractivity contribution in [2.24, 2.45) is 5.10 Å². The number of thiocarbonyl (C=S) groups is 1. The first-order valence-electron chi connectivity index (χ1n) is 6.43. The minimum Gasteiger partial charge on any atom is -0.331 e. The third kappa shape index (κ3) is 6.52. The van der Waals surface area contributed by atoms with Crippen LogP contribution in [0.5, 0.6) is 0 Å². The number of hydrazone groups is 1. The van der Waals surface area contributed by atoms with E-state index in [2.05, 4.69) is 15.8 Å². The van der Waals surface area contributed by atoms with Crippen LogP contribution >= 0.6 is 35.6 Å². The van der Waals surface area contributed by atoms with Crippen LogP contribution in [0.3, 0.4) is 0 Å². The zero-order valence-electron chi connectivity index (χ0n) is 11.7. The number of thioether (sulfide) groups is 1. The molecule has 0 atom stereocenters. The van der Waals surface area contributed by atoms with Crippen LogP contribution in [-0.2, 0) is 0 Å². The van der Waals surface area contributed by atoms with Gasteiger partial charge in [0, 0.05) is 15.6 Å². The maximum atomic E-state index is 12.2. The van der Waals surface area contributed by atoms with E-state index >= 15 is 0 Å². The quantitative estimate of drug-likeness (QED) is 0.336. The molecule has 0 aliphatic heterocycles. The molecule has 0 fully saturated rings. The van der Waals surface area contributed by atoms with Gasteiger partial charge in [-0.3, -0.25) is 5.43 Å². The zero-order chi connectivity index (χ0) is 16.7. The highest BCUT2D eigenvalue weighted by molar-refractivity contribution is 7.99. The van der Waals surface area contributed by atoms with Crippen LogP contribution in [0.2, 0.25) is 5.02 Å². The van der Waals surface area contributed by atoms with E-state index in [0.29, 0.717) is 27.4 Å². The standard InChI is InChI=1S/C15H12ClF2N3S2/c16-11-3-1-2-10(8-11)9-19-21-15(22)20-12-4-6-13(7-5-12)23-14(17)18/h1-9,14H,(H2,20,21,22)/b19-9-. The maximum absolute atomic E-state index is 12.2. The first kappa shape index (κ1) is 17.7. The van der Waals surface area contributed by atoms with E-state index in [9.17, 15) is 8.78 Å². The van der Waals surface area contributed by atoms with Crippen LogP contribution in [0.4, 0.5) is 14.5 Å². The topological polar surface area (TPSA) is 36.4 Å². The molecule has 0 bridgehead atoms. The Labute approximate surface area is 147 Å². The molecule has 8 heteroatoms. The highest BCUT2D eigenvalue weighted by atomic mass is 35.5. The minimum absolute atomic E-state index is 0.289. The van der Waals surface area contributed by atoms with Crippen molar-refractivity contribution in [3.8, 4) is 0 Å². The lowest BCUT2D eigenvalue weighted by Gasteiger charge is -2.07. The summed E-state index contributed by atoms with van der Waals surface area (Å²) in [6, 6.07) is 13.7. The van der Waals surface area contributed by atoms with E-state index < -0.39 is 5.76 Å². The molecular weight excluding hydrogens is 360 g/mol. The van der Waals surface area contributed by atoms with E-state index in [1.165, 1.54) is 0 Å². The SMILES string of the molecule is FC(F)Sc1ccc(NC(=S)N/N=C\c2cccc(Cl)c2)cc1. The van der Waals surface area contributed by atoms with Gasteiger partial charge in [-0.15, -0.1) is 0 Å². The Balaban J connectivity index is 1.84. The number of hydrogen-bond acceptors (Lipinski definition) is 3. The lowest BCUT2D eigenvalue weighted by atomic mass is 10.2. The summed E-state index contributed by atoms with van der Waals surface area (Å²) in [5.41, 5.74) is 4.18. The number of benzene rings is 2. The van der Waals surface area contributed by atoms with Gasteiger partial charge in [-0.05, 0) is 54.2 Å². The van der Waals surface area contributed by atoms with Crippen molar-refractivity contribution in [2.45, 2.75) is 10.7 Å². The van der Waals surface area contributed by atoms with Crippen LogP contribution in [0.25, 0.3) is 0 Å². The summed E-state index contributed by atoms with van der Waals surface area (Å²) in [4.78, 5) is 0.489. The van der Waals surface area contributed by atoms with Crippen molar-refractivity contribution < 1.29 is 8.78 Å². The average Bonchev–Trinajstić information content (AvgIpc) is 2.49. The second-order valence-corrected chi connectivity index (χ2v) is 6.19. The molecule has 0 saturated carbocycles. The number of halogens is 3. The van der Waals surface area contributed by atoms with Crippen LogP contribution in [0.1, 0.15) is 5.56 Å². The van der Waals surface area contributed by atoms with Crippen molar-refractivity contribution in [3.05, 3.63) is 59.1 Å². The summed E-state index contributed by atoms with van der Waals surface area (Å²) in [7, 11) is 0. The lowest BCUT2D eigenvalue weighted by molar-refractivity contribution is 0.252. The van der Waals surface area contributed by atoms with Crippen molar-refractivity contribution >= 4 is 52.6 Å². The Morgan fingerprint density at radius 2 is 1.96 bits per heavy atom. The van der Waals surface area contributed by atoms with Gasteiger partial charge in [-0.1, -0.05) is 35.5 Å². The Bertz CT molecular complexity index is 693. The number of hydrogen-bond donors (Lipinski definition) is 2. The monoisotopic (exact) mass is 371 g/mol. The third-order valence-electron chi connectivity index (χ3n) is 2.57. The fourth-order valence-corrected chi connectivity index (χ4v) is 2.50. The molecule has 0 heterocycles. The predicted octanol–water partition coefficient (Wildman–Crippen LogP) is 4.98. The fraction of sp³-hybridized carbons (Fsp3) is 0.0667. The van der Waals surface area contributed by atoms with E-state index in [1.54, 1.807) is 42.6 Å². The van der Waals surface area contributed by atoms with Gasteiger partial charge in [0.2, 0.25) is 0 Å². The summed E-state index contributed by atoms with van der Waals surface area (Å²) < 4.78 is 24.5. The van der Waals surface area contributed by atoms with Crippen molar-refractivity contribution in [1.82, 2.24) is 5.43 Å². The molecule has 2 rings (SSSR count). The molecule has 0 aliphatic rings. The molecule has 0 saturated heterocycles. The Morgan fingerprint density at radius 1 is 1.22 bits per heavy atom. The molecule has 2 aromatic carbocycles.